The summed E-state index contributed by atoms with van der Waals surface area (Å²) in [6.45, 7) is 0.555. The number of ether oxygens (including phenoxy) is 1. The van der Waals surface area contributed by atoms with Gasteiger partial charge in [0.2, 0.25) is 0 Å². The molecule has 28 heavy (non-hydrogen) atoms. The Balaban J connectivity index is 1.62. The molecular weight excluding hydrogens is 340 g/mol. The molecule has 0 aliphatic rings. The van der Waals surface area contributed by atoms with E-state index in [4.69, 9.17) is 4.74 Å². The molecule has 0 radical (unpaired) electrons. The lowest BCUT2D eigenvalue weighted by Crippen LogP contribution is -1.97. The number of rotatable bonds is 4. The Labute approximate surface area is 164 Å². The van der Waals surface area contributed by atoms with Crippen LogP contribution in [0.2, 0.25) is 0 Å². The zero-order chi connectivity index (χ0) is 18.8. The first-order valence-corrected chi connectivity index (χ1v) is 9.55. The molecule has 5 aromatic rings. The first kappa shape index (κ1) is 16.6. The molecule has 0 fully saturated rings. The minimum Gasteiger partial charge on any atom is -0.488 e. The van der Waals surface area contributed by atoms with E-state index in [0.29, 0.717) is 6.61 Å². The van der Waals surface area contributed by atoms with Gasteiger partial charge in [-0.05, 0) is 50.9 Å². The van der Waals surface area contributed by atoms with E-state index < -0.39 is 0 Å². The fraction of sp³-hybridized carbons (Fsp3) is 0.0370. The lowest BCUT2D eigenvalue weighted by Gasteiger charge is -2.14. The lowest BCUT2D eigenvalue weighted by molar-refractivity contribution is 0.308. The van der Waals surface area contributed by atoms with Crippen molar-refractivity contribution >= 4 is 21.5 Å². The van der Waals surface area contributed by atoms with Crippen LogP contribution >= 0.6 is 0 Å². The molecule has 1 heteroatoms. The summed E-state index contributed by atoms with van der Waals surface area (Å²) >= 11 is 0. The Morgan fingerprint density at radius 3 is 1.86 bits per heavy atom. The maximum Gasteiger partial charge on any atom is 0.128 e. The lowest BCUT2D eigenvalue weighted by atomic mass is 9.97. The molecule has 0 atom stereocenters. The van der Waals surface area contributed by atoms with Crippen LogP contribution in [0, 0.1) is 0 Å². The number of benzene rings is 5. The first-order chi connectivity index (χ1) is 13.9. The van der Waals surface area contributed by atoms with Crippen LogP contribution in [-0.4, -0.2) is 0 Å². The maximum atomic E-state index is 6.30. The van der Waals surface area contributed by atoms with Crippen LogP contribution in [-0.2, 0) is 6.61 Å². The molecule has 134 valence electrons. The summed E-state index contributed by atoms with van der Waals surface area (Å²) in [7, 11) is 0. The highest BCUT2D eigenvalue weighted by Crippen LogP contribution is 2.36. The maximum absolute atomic E-state index is 6.30. The summed E-state index contributed by atoms with van der Waals surface area (Å²) in [5.74, 6) is 0.915. The highest BCUT2D eigenvalue weighted by Gasteiger charge is 2.10. The van der Waals surface area contributed by atoms with Crippen molar-refractivity contribution in [2.24, 2.45) is 0 Å². The second-order valence-corrected chi connectivity index (χ2v) is 7.03. The average molecular weight is 360 g/mol. The third-order valence-electron chi connectivity index (χ3n) is 5.15. The molecule has 0 saturated heterocycles. The van der Waals surface area contributed by atoms with Gasteiger partial charge in [0.15, 0.2) is 0 Å². The van der Waals surface area contributed by atoms with Crippen molar-refractivity contribution in [3.8, 4) is 16.9 Å². The highest BCUT2D eigenvalue weighted by molar-refractivity contribution is 5.93. The summed E-state index contributed by atoms with van der Waals surface area (Å²) in [6.07, 6.45) is 0. The quantitative estimate of drug-likeness (QED) is 0.328. The average Bonchev–Trinajstić information content (AvgIpc) is 2.77. The van der Waals surface area contributed by atoms with Crippen LogP contribution in [0.3, 0.4) is 0 Å². The van der Waals surface area contributed by atoms with E-state index in [1.54, 1.807) is 0 Å². The molecule has 0 aliphatic heterocycles. The molecule has 0 aliphatic carbocycles. The van der Waals surface area contributed by atoms with Crippen molar-refractivity contribution in [3.05, 3.63) is 115 Å². The zero-order valence-corrected chi connectivity index (χ0v) is 15.5. The van der Waals surface area contributed by atoms with Crippen LogP contribution < -0.4 is 4.74 Å². The Kier molecular flexibility index (Phi) is 4.27. The molecule has 0 aromatic heterocycles. The van der Waals surface area contributed by atoms with Crippen molar-refractivity contribution in [3.63, 3.8) is 0 Å². The molecule has 0 bridgehead atoms. The van der Waals surface area contributed by atoms with Gasteiger partial charge in [-0.2, -0.15) is 0 Å². The third-order valence-corrected chi connectivity index (χ3v) is 5.15. The molecule has 0 unspecified atom stereocenters. The molecule has 5 rings (SSSR count). The van der Waals surface area contributed by atoms with Gasteiger partial charge in [0.05, 0.1) is 0 Å². The molecule has 0 amide bonds. The SMILES string of the molecule is c1ccc(COc2cc3ccccc3cc2-c2ccc3ccccc3c2)cc1. The highest BCUT2D eigenvalue weighted by atomic mass is 16.5. The van der Waals surface area contributed by atoms with Crippen molar-refractivity contribution in [2.45, 2.75) is 6.61 Å². The molecule has 0 spiro atoms. The fourth-order valence-electron chi connectivity index (χ4n) is 3.66. The first-order valence-electron chi connectivity index (χ1n) is 9.55. The van der Waals surface area contributed by atoms with Crippen molar-refractivity contribution in [1.82, 2.24) is 0 Å². The van der Waals surface area contributed by atoms with E-state index in [1.165, 1.54) is 32.7 Å². The smallest absolute Gasteiger partial charge is 0.128 e. The van der Waals surface area contributed by atoms with E-state index in [0.717, 1.165) is 11.3 Å². The Morgan fingerprint density at radius 1 is 0.500 bits per heavy atom. The minimum atomic E-state index is 0.555. The summed E-state index contributed by atoms with van der Waals surface area (Å²) < 4.78 is 6.30. The molecule has 5 aromatic carbocycles. The van der Waals surface area contributed by atoms with Crippen LogP contribution in [0.25, 0.3) is 32.7 Å². The van der Waals surface area contributed by atoms with Gasteiger partial charge in [0, 0.05) is 5.56 Å². The van der Waals surface area contributed by atoms with Gasteiger partial charge in [0.25, 0.3) is 0 Å². The molecule has 0 N–H and O–H groups in total. The van der Waals surface area contributed by atoms with Crippen LogP contribution in [0.15, 0.2) is 109 Å². The summed E-state index contributed by atoms with van der Waals surface area (Å²) in [5, 5.41) is 4.90. The van der Waals surface area contributed by atoms with Gasteiger partial charge in [-0.1, -0.05) is 91.0 Å². The Hall–Kier alpha value is -3.58. The van der Waals surface area contributed by atoms with Crippen LogP contribution in [0.5, 0.6) is 5.75 Å². The van der Waals surface area contributed by atoms with Gasteiger partial charge in [0.1, 0.15) is 12.4 Å². The van der Waals surface area contributed by atoms with Crippen molar-refractivity contribution in [1.29, 1.82) is 0 Å². The van der Waals surface area contributed by atoms with Gasteiger partial charge in [-0.15, -0.1) is 0 Å². The second kappa shape index (κ2) is 7.21. The van der Waals surface area contributed by atoms with Crippen LogP contribution in [0.1, 0.15) is 5.56 Å². The van der Waals surface area contributed by atoms with E-state index in [-0.39, 0.29) is 0 Å². The van der Waals surface area contributed by atoms with E-state index in [1.807, 2.05) is 18.2 Å². The van der Waals surface area contributed by atoms with E-state index in [2.05, 4.69) is 91.0 Å². The predicted octanol–water partition coefficient (Wildman–Crippen LogP) is 7.24. The zero-order valence-electron chi connectivity index (χ0n) is 15.5. The van der Waals surface area contributed by atoms with Gasteiger partial charge in [-0.25, -0.2) is 0 Å². The largest absolute Gasteiger partial charge is 0.488 e. The topological polar surface area (TPSA) is 9.23 Å². The molecule has 0 heterocycles. The second-order valence-electron chi connectivity index (χ2n) is 7.03. The summed E-state index contributed by atoms with van der Waals surface area (Å²) in [5.41, 5.74) is 3.47. The monoisotopic (exact) mass is 360 g/mol. The molecule has 1 nitrogen and oxygen atoms in total. The normalized spacial score (nSPS) is 11.0. The van der Waals surface area contributed by atoms with Gasteiger partial charge < -0.3 is 4.74 Å². The Morgan fingerprint density at radius 2 is 1.11 bits per heavy atom. The van der Waals surface area contributed by atoms with E-state index in [9.17, 15) is 0 Å². The number of hydrogen-bond acceptors (Lipinski definition) is 1. The van der Waals surface area contributed by atoms with E-state index >= 15 is 0 Å². The van der Waals surface area contributed by atoms with Crippen LogP contribution in [0.4, 0.5) is 0 Å². The van der Waals surface area contributed by atoms with Gasteiger partial charge >= 0.3 is 0 Å². The summed E-state index contributed by atoms with van der Waals surface area (Å²) in [4.78, 5) is 0. The predicted molar refractivity (Wildman–Crippen MR) is 118 cm³/mol. The third kappa shape index (κ3) is 3.23. The van der Waals surface area contributed by atoms with Crippen molar-refractivity contribution < 1.29 is 4.74 Å². The van der Waals surface area contributed by atoms with Crippen molar-refractivity contribution in [2.75, 3.05) is 0 Å². The number of hydrogen-bond donors (Lipinski definition) is 0. The molecule has 0 saturated carbocycles. The molecular formula is C27H20O. The minimum absolute atomic E-state index is 0.555. The van der Waals surface area contributed by atoms with Gasteiger partial charge in [-0.3, -0.25) is 0 Å². The number of fused-ring (bicyclic) bond motifs is 2. The fourth-order valence-corrected chi connectivity index (χ4v) is 3.66. The summed E-state index contributed by atoms with van der Waals surface area (Å²) in [6, 6.07) is 38.2. The Bertz CT molecular complexity index is 1260. The standard InChI is InChI=1S/C27H20O/c1-2-8-20(9-3-1)19-28-27-18-24-13-7-6-12-23(24)17-26(27)25-15-14-21-10-4-5-11-22(21)16-25/h1-18H,19H2.